The highest BCUT2D eigenvalue weighted by Gasteiger charge is 2.42. The number of nitrogens with two attached hydrogens (primary N) is 1. The van der Waals surface area contributed by atoms with E-state index < -0.39 is 11.5 Å². The lowest BCUT2D eigenvalue weighted by molar-refractivity contribution is -0.150. The minimum absolute atomic E-state index is 0. The SMILES string of the molecule is COC(=O)C(C)(C)NC(=O)C1CC2CCCC(C1)C2N.Cl. The van der Waals surface area contributed by atoms with Crippen LogP contribution in [-0.2, 0) is 14.3 Å². The summed E-state index contributed by atoms with van der Waals surface area (Å²) in [6.07, 6.45) is 5.18. The molecule has 2 rings (SSSR count). The lowest BCUT2D eigenvalue weighted by Crippen LogP contribution is -2.55. The number of hydrogen-bond donors (Lipinski definition) is 2. The number of fused-ring (bicyclic) bond motifs is 2. The fourth-order valence-electron chi connectivity index (χ4n) is 3.72. The third-order valence-electron chi connectivity index (χ3n) is 4.92. The fourth-order valence-corrected chi connectivity index (χ4v) is 3.72. The molecule has 2 fully saturated rings. The Hall–Kier alpha value is -0.810. The van der Waals surface area contributed by atoms with Crippen molar-refractivity contribution < 1.29 is 14.3 Å². The smallest absolute Gasteiger partial charge is 0.330 e. The van der Waals surface area contributed by atoms with Crippen molar-refractivity contribution in [2.45, 2.75) is 57.5 Å². The van der Waals surface area contributed by atoms with Crippen LogP contribution in [0.4, 0.5) is 0 Å². The fraction of sp³-hybridized carbons (Fsp3) is 0.867. The zero-order valence-corrected chi connectivity index (χ0v) is 13.9. The summed E-state index contributed by atoms with van der Waals surface area (Å²) in [7, 11) is 1.33. The quantitative estimate of drug-likeness (QED) is 0.775. The topological polar surface area (TPSA) is 81.4 Å². The van der Waals surface area contributed by atoms with Crippen molar-refractivity contribution in [2.24, 2.45) is 23.5 Å². The van der Waals surface area contributed by atoms with E-state index in [2.05, 4.69) is 5.32 Å². The number of amides is 1. The number of carbonyl (C=O) groups excluding carboxylic acids is 2. The molecule has 1 amide bonds. The Morgan fingerprint density at radius 2 is 1.71 bits per heavy atom. The molecule has 122 valence electrons. The standard InChI is InChI=1S/C15H26N2O3.ClH/c1-15(2,14(19)20-3)17-13(18)11-7-9-5-4-6-10(8-11)12(9)16;/h9-12H,4-8,16H2,1-3H3,(H,17,18);1H. The number of halogens is 1. The summed E-state index contributed by atoms with van der Waals surface area (Å²) >= 11 is 0. The molecule has 2 aliphatic carbocycles. The van der Waals surface area contributed by atoms with Gasteiger partial charge in [0, 0.05) is 12.0 Å². The summed E-state index contributed by atoms with van der Waals surface area (Å²) in [4.78, 5) is 24.1. The van der Waals surface area contributed by atoms with E-state index in [-0.39, 0.29) is 30.3 Å². The van der Waals surface area contributed by atoms with Crippen molar-refractivity contribution in [3.8, 4) is 0 Å². The number of carbonyl (C=O) groups is 2. The van der Waals surface area contributed by atoms with Crippen LogP contribution in [0, 0.1) is 17.8 Å². The van der Waals surface area contributed by atoms with E-state index in [1.165, 1.54) is 13.5 Å². The molecule has 2 bridgehead atoms. The number of nitrogens with one attached hydrogen (secondary N) is 1. The largest absolute Gasteiger partial charge is 0.467 e. The maximum Gasteiger partial charge on any atom is 0.330 e. The molecule has 21 heavy (non-hydrogen) atoms. The lowest BCUT2D eigenvalue weighted by atomic mass is 9.65. The van der Waals surface area contributed by atoms with Crippen molar-refractivity contribution in [2.75, 3.05) is 7.11 Å². The van der Waals surface area contributed by atoms with Crippen LogP contribution in [0.25, 0.3) is 0 Å². The molecular weight excluding hydrogens is 292 g/mol. The Balaban J connectivity index is 0.00000220. The van der Waals surface area contributed by atoms with Crippen molar-refractivity contribution in [1.29, 1.82) is 0 Å². The summed E-state index contributed by atoms with van der Waals surface area (Å²) in [6.45, 7) is 3.35. The maximum atomic E-state index is 12.4. The van der Waals surface area contributed by atoms with Crippen molar-refractivity contribution in [3.05, 3.63) is 0 Å². The van der Waals surface area contributed by atoms with Gasteiger partial charge in [-0.15, -0.1) is 12.4 Å². The van der Waals surface area contributed by atoms with Crippen LogP contribution >= 0.6 is 12.4 Å². The molecule has 6 heteroatoms. The van der Waals surface area contributed by atoms with Gasteiger partial charge in [-0.05, 0) is 51.4 Å². The van der Waals surface area contributed by atoms with Gasteiger partial charge in [0.05, 0.1) is 7.11 Å². The van der Waals surface area contributed by atoms with E-state index >= 15 is 0 Å². The number of rotatable bonds is 3. The number of hydrogen-bond acceptors (Lipinski definition) is 4. The molecule has 0 heterocycles. The van der Waals surface area contributed by atoms with Crippen LogP contribution < -0.4 is 11.1 Å². The molecular formula is C15H27ClN2O3. The van der Waals surface area contributed by atoms with Crippen LogP contribution in [0.5, 0.6) is 0 Å². The van der Waals surface area contributed by atoms with Gasteiger partial charge in [-0.2, -0.15) is 0 Å². The van der Waals surface area contributed by atoms with Crippen LogP contribution in [0.15, 0.2) is 0 Å². The minimum atomic E-state index is -0.972. The first-order valence-corrected chi connectivity index (χ1v) is 7.51. The second-order valence-corrected chi connectivity index (χ2v) is 6.80. The molecule has 0 aromatic carbocycles. The maximum absolute atomic E-state index is 12.4. The molecule has 3 N–H and O–H groups in total. The van der Waals surface area contributed by atoms with Gasteiger partial charge in [0.25, 0.3) is 0 Å². The summed E-state index contributed by atoms with van der Waals surface area (Å²) in [6, 6.07) is 0.251. The van der Waals surface area contributed by atoms with Gasteiger partial charge in [0.2, 0.25) is 5.91 Å². The van der Waals surface area contributed by atoms with Crippen LogP contribution in [-0.4, -0.2) is 30.6 Å². The van der Waals surface area contributed by atoms with Crippen molar-refractivity contribution >= 4 is 24.3 Å². The summed E-state index contributed by atoms with van der Waals surface area (Å²) in [5.41, 5.74) is 5.27. The number of methoxy groups -OCH3 is 1. The first-order valence-electron chi connectivity index (χ1n) is 7.51. The highest BCUT2D eigenvalue weighted by Crippen LogP contribution is 2.42. The Morgan fingerprint density at radius 3 is 2.19 bits per heavy atom. The molecule has 0 aliphatic heterocycles. The third kappa shape index (κ3) is 3.89. The normalized spacial score (nSPS) is 31.8. The number of ether oxygens (including phenoxy) is 1. The lowest BCUT2D eigenvalue weighted by Gasteiger charge is -2.44. The van der Waals surface area contributed by atoms with Gasteiger partial charge in [-0.3, -0.25) is 4.79 Å². The van der Waals surface area contributed by atoms with E-state index in [1.54, 1.807) is 13.8 Å². The van der Waals surface area contributed by atoms with Crippen LogP contribution in [0.1, 0.15) is 46.0 Å². The van der Waals surface area contributed by atoms with Gasteiger partial charge in [-0.1, -0.05) is 6.42 Å². The zero-order chi connectivity index (χ0) is 14.9. The van der Waals surface area contributed by atoms with Gasteiger partial charge < -0.3 is 15.8 Å². The molecule has 2 unspecified atom stereocenters. The average Bonchev–Trinajstić information content (AvgIpc) is 2.36. The Labute approximate surface area is 132 Å². The molecule has 2 atom stereocenters. The van der Waals surface area contributed by atoms with Crippen LogP contribution in [0.2, 0.25) is 0 Å². The van der Waals surface area contributed by atoms with Crippen molar-refractivity contribution in [1.82, 2.24) is 5.32 Å². The van der Waals surface area contributed by atoms with E-state index in [9.17, 15) is 9.59 Å². The predicted octanol–water partition coefficient (Wildman–Crippen LogP) is 1.63. The highest BCUT2D eigenvalue weighted by molar-refractivity contribution is 5.88. The molecule has 5 nitrogen and oxygen atoms in total. The van der Waals surface area contributed by atoms with E-state index in [1.807, 2.05) is 0 Å². The Bertz CT molecular complexity index is 386. The summed E-state index contributed by atoms with van der Waals surface area (Å²) in [5.74, 6) is 0.441. The molecule has 0 saturated heterocycles. The highest BCUT2D eigenvalue weighted by atomic mass is 35.5. The average molecular weight is 319 g/mol. The second-order valence-electron chi connectivity index (χ2n) is 6.80. The monoisotopic (exact) mass is 318 g/mol. The Kier molecular flexibility index (Phi) is 6.05. The summed E-state index contributed by atoms with van der Waals surface area (Å²) in [5, 5.41) is 2.83. The predicted molar refractivity (Wildman–Crippen MR) is 83.0 cm³/mol. The third-order valence-corrected chi connectivity index (χ3v) is 4.92. The van der Waals surface area contributed by atoms with E-state index in [0.717, 1.165) is 25.7 Å². The second kappa shape index (κ2) is 6.97. The van der Waals surface area contributed by atoms with Gasteiger partial charge in [0.1, 0.15) is 5.54 Å². The molecule has 0 aromatic rings. The molecule has 2 saturated carbocycles. The van der Waals surface area contributed by atoms with Crippen molar-refractivity contribution in [3.63, 3.8) is 0 Å². The first-order chi connectivity index (χ1) is 9.35. The number of esters is 1. The first kappa shape index (κ1) is 18.2. The molecule has 2 aliphatic rings. The molecule has 0 spiro atoms. The molecule has 0 radical (unpaired) electrons. The minimum Gasteiger partial charge on any atom is -0.467 e. The van der Waals surface area contributed by atoms with E-state index in [4.69, 9.17) is 10.5 Å². The van der Waals surface area contributed by atoms with E-state index in [0.29, 0.717) is 11.8 Å². The van der Waals surface area contributed by atoms with Gasteiger partial charge in [-0.25, -0.2) is 4.79 Å². The zero-order valence-electron chi connectivity index (χ0n) is 13.1. The van der Waals surface area contributed by atoms with Gasteiger partial charge in [0.15, 0.2) is 0 Å². The summed E-state index contributed by atoms with van der Waals surface area (Å²) < 4.78 is 4.72. The Morgan fingerprint density at radius 1 is 1.19 bits per heavy atom. The molecule has 0 aromatic heterocycles. The van der Waals surface area contributed by atoms with Crippen LogP contribution in [0.3, 0.4) is 0 Å². The van der Waals surface area contributed by atoms with Gasteiger partial charge >= 0.3 is 5.97 Å².